The molecule has 33 heavy (non-hydrogen) atoms. The van der Waals surface area contributed by atoms with Crippen LogP contribution in [-0.4, -0.2) is 15.8 Å². The molecule has 0 bridgehead atoms. The number of nitro benzene ring substituents is 1. The highest BCUT2D eigenvalue weighted by atomic mass is 35.5. The van der Waals surface area contributed by atoms with E-state index in [0.717, 1.165) is 20.8 Å². The van der Waals surface area contributed by atoms with Crippen molar-refractivity contribution in [3.05, 3.63) is 99.8 Å². The second-order valence-corrected chi connectivity index (χ2v) is 8.51. The van der Waals surface area contributed by atoms with Crippen LogP contribution in [0, 0.1) is 10.1 Å². The number of nitrogens with one attached hydrogen (secondary N) is 1. The number of furan rings is 1. The number of benzene rings is 3. The van der Waals surface area contributed by atoms with Crippen molar-refractivity contribution in [1.82, 2.24) is 4.98 Å². The molecule has 5 rings (SSSR count). The number of rotatable bonds is 5. The maximum atomic E-state index is 12.7. The molecule has 7 nitrogen and oxygen atoms in total. The molecular weight excluding hydrogens is 462 g/mol. The largest absolute Gasteiger partial charge is 0.451 e. The molecule has 2 heterocycles. The normalized spacial score (nSPS) is 10.9. The average Bonchev–Trinajstić information content (AvgIpc) is 3.46. The zero-order valence-corrected chi connectivity index (χ0v) is 18.4. The van der Waals surface area contributed by atoms with Gasteiger partial charge in [-0.05, 0) is 48.5 Å². The van der Waals surface area contributed by atoms with E-state index >= 15 is 0 Å². The van der Waals surface area contributed by atoms with Gasteiger partial charge in [-0.15, -0.1) is 11.3 Å². The molecule has 5 aromatic rings. The van der Waals surface area contributed by atoms with Crippen molar-refractivity contribution in [2.24, 2.45) is 0 Å². The summed E-state index contributed by atoms with van der Waals surface area (Å²) in [6, 6.07) is 22.2. The Morgan fingerprint density at radius 3 is 2.58 bits per heavy atom. The van der Waals surface area contributed by atoms with Crippen LogP contribution in [0.3, 0.4) is 0 Å². The number of carbonyl (C=O) groups excluding carboxylic acids is 1. The van der Waals surface area contributed by atoms with E-state index in [0.29, 0.717) is 16.3 Å². The summed E-state index contributed by atoms with van der Waals surface area (Å²) in [7, 11) is 0. The molecule has 1 amide bonds. The Morgan fingerprint density at radius 1 is 1.00 bits per heavy atom. The number of anilines is 1. The van der Waals surface area contributed by atoms with Crippen LogP contribution in [0.15, 0.2) is 83.3 Å². The predicted molar refractivity (Wildman–Crippen MR) is 129 cm³/mol. The Balaban J connectivity index is 1.37. The quantitative estimate of drug-likeness (QED) is 0.217. The molecule has 9 heteroatoms. The van der Waals surface area contributed by atoms with E-state index in [1.165, 1.54) is 29.5 Å². The summed E-state index contributed by atoms with van der Waals surface area (Å²) in [5, 5.41) is 15.2. The number of nitrogens with zero attached hydrogens (tertiary/aromatic N) is 2. The van der Waals surface area contributed by atoms with Gasteiger partial charge in [0.15, 0.2) is 5.76 Å². The number of carbonyl (C=O) groups is 1. The van der Waals surface area contributed by atoms with Crippen LogP contribution >= 0.6 is 22.9 Å². The van der Waals surface area contributed by atoms with Crippen molar-refractivity contribution in [2.45, 2.75) is 0 Å². The van der Waals surface area contributed by atoms with E-state index in [-0.39, 0.29) is 17.2 Å². The van der Waals surface area contributed by atoms with Gasteiger partial charge in [-0.1, -0.05) is 35.9 Å². The lowest BCUT2D eigenvalue weighted by Gasteiger charge is -2.06. The second kappa shape index (κ2) is 8.50. The lowest BCUT2D eigenvalue weighted by atomic mass is 10.1. The Labute approximate surface area is 196 Å². The lowest BCUT2D eigenvalue weighted by molar-refractivity contribution is -0.384. The van der Waals surface area contributed by atoms with E-state index < -0.39 is 10.8 Å². The molecule has 0 spiro atoms. The molecular formula is C24H14ClN3O4S. The predicted octanol–water partition coefficient (Wildman–Crippen LogP) is 7.04. The summed E-state index contributed by atoms with van der Waals surface area (Å²) in [5.41, 5.74) is 2.35. The number of aromatic nitrogens is 1. The molecule has 0 saturated carbocycles. The Morgan fingerprint density at radius 2 is 1.79 bits per heavy atom. The molecule has 0 saturated heterocycles. The molecule has 2 aromatic heterocycles. The minimum Gasteiger partial charge on any atom is -0.451 e. The van der Waals surface area contributed by atoms with Gasteiger partial charge in [0, 0.05) is 17.3 Å². The Bertz CT molecular complexity index is 1490. The van der Waals surface area contributed by atoms with Gasteiger partial charge in [0.25, 0.3) is 11.6 Å². The highest BCUT2D eigenvalue weighted by Crippen LogP contribution is 2.36. The fourth-order valence-electron chi connectivity index (χ4n) is 3.39. The van der Waals surface area contributed by atoms with Gasteiger partial charge in [-0.25, -0.2) is 4.98 Å². The van der Waals surface area contributed by atoms with Crippen molar-refractivity contribution >= 4 is 50.4 Å². The fourth-order valence-corrected chi connectivity index (χ4v) is 4.72. The fraction of sp³-hybridized carbons (Fsp3) is 0. The van der Waals surface area contributed by atoms with E-state index in [9.17, 15) is 14.9 Å². The van der Waals surface area contributed by atoms with Gasteiger partial charge >= 0.3 is 0 Å². The van der Waals surface area contributed by atoms with Gasteiger partial charge in [0.2, 0.25) is 0 Å². The third kappa shape index (κ3) is 4.09. The number of fused-ring (bicyclic) bond motifs is 1. The zero-order valence-electron chi connectivity index (χ0n) is 16.8. The standard InChI is InChI=1S/C24H14ClN3O4S/c25-17-13-14(9-10-15(17)24-27-18-6-2-4-8-22(18)33-24)26-23(29)21-12-11-20(32-21)16-5-1-3-7-19(16)28(30)31/h1-13H,(H,26,29). The summed E-state index contributed by atoms with van der Waals surface area (Å²) in [5.74, 6) is -0.241. The molecule has 1 N–H and O–H groups in total. The molecule has 0 aliphatic heterocycles. The molecule has 0 fully saturated rings. The van der Waals surface area contributed by atoms with Crippen LogP contribution in [-0.2, 0) is 0 Å². The van der Waals surface area contributed by atoms with E-state index in [2.05, 4.69) is 10.3 Å². The number of hydrogen-bond donors (Lipinski definition) is 1. The van der Waals surface area contributed by atoms with Crippen LogP contribution in [0.5, 0.6) is 0 Å². The van der Waals surface area contributed by atoms with Gasteiger partial charge < -0.3 is 9.73 Å². The third-order valence-electron chi connectivity index (χ3n) is 4.95. The molecule has 0 atom stereocenters. The van der Waals surface area contributed by atoms with Crippen molar-refractivity contribution < 1.29 is 14.1 Å². The van der Waals surface area contributed by atoms with Gasteiger partial charge in [0.1, 0.15) is 10.8 Å². The van der Waals surface area contributed by atoms with Crippen LogP contribution in [0.4, 0.5) is 11.4 Å². The topological polar surface area (TPSA) is 98.3 Å². The SMILES string of the molecule is O=C(Nc1ccc(-c2nc3ccccc3s2)c(Cl)c1)c1ccc(-c2ccccc2[N+](=O)[O-])o1. The zero-order chi connectivity index (χ0) is 22.9. The monoisotopic (exact) mass is 475 g/mol. The average molecular weight is 476 g/mol. The second-order valence-electron chi connectivity index (χ2n) is 7.07. The number of thiazole rings is 1. The number of para-hydroxylation sites is 2. The van der Waals surface area contributed by atoms with E-state index in [4.69, 9.17) is 16.0 Å². The van der Waals surface area contributed by atoms with Crippen molar-refractivity contribution in [3.63, 3.8) is 0 Å². The number of halogens is 1. The Hall–Kier alpha value is -4.01. The summed E-state index contributed by atoms with van der Waals surface area (Å²) in [6.07, 6.45) is 0. The van der Waals surface area contributed by atoms with Crippen LogP contribution in [0.1, 0.15) is 10.6 Å². The first-order valence-electron chi connectivity index (χ1n) is 9.80. The van der Waals surface area contributed by atoms with Crippen LogP contribution in [0.25, 0.3) is 32.1 Å². The molecule has 3 aromatic carbocycles. The highest BCUT2D eigenvalue weighted by molar-refractivity contribution is 7.21. The van der Waals surface area contributed by atoms with Gasteiger partial charge in [0.05, 0.1) is 25.7 Å². The first-order chi connectivity index (χ1) is 16.0. The summed E-state index contributed by atoms with van der Waals surface area (Å²) < 4.78 is 6.66. The molecule has 162 valence electrons. The number of nitro groups is 1. The van der Waals surface area contributed by atoms with Gasteiger partial charge in [-0.2, -0.15) is 0 Å². The van der Waals surface area contributed by atoms with Crippen molar-refractivity contribution in [1.29, 1.82) is 0 Å². The summed E-state index contributed by atoms with van der Waals surface area (Å²) in [6.45, 7) is 0. The molecule has 0 unspecified atom stereocenters. The van der Waals surface area contributed by atoms with Gasteiger partial charge in [-0.3, -0.25) is 14.9 Å². The number of amides is 1. The molecule has 0 aliphatic carbocycles. The highest BCUT2D eigenvalue weighted by Gasteiger charge is 2.19. The maximum Gasteiger partial charge on any atom is 0.291 e. The van der Waals surface area contributed by atoms with Crippen molar-refractivity contribution in [2.75, 3.05) is 5.32 Å². The molecule has 0 aliphatic rings. The lowest BCUT2D eigenvalue weighted by Crippen LogP contribution is -2.10. The van der Waals surface area contributed by atoms with Crippen molar-refractivity contribution in [3.8, 4) is 21.9 Å². The minimum atomic E-state index is -0.497. The summed E-state index contributed by atoms with van der Waals surface area (Å²) >= 11 is 8.02. The smallest absolute Gasteiger partial charge is 0.291 e. The number of hydrogen-bond acceptors (Lipinski definition) is 6. The van der Waals surface area contributed by atoms with E-state index in [1.807, 2.05) is 24.3 Å². The summed E-state index contributed by atoms with van der Waals surface area (Å²) in [4.78, 5) is 28.1. The van der Waals surface area contributed by atoms with Crippen LogP contribution < -0.4 is 5.32 Å². The first kappa shape index (κ1) is 20.9. The Kier molecular flexibility index (Phi) is 5.37. The van der Waals surface area contributed by atoms with E-state index in [1.54, 1.807) is 36.4 Å². The molecule has 0 radical (unpaired) electrons. The maximum absolute atomic E-state index is 12.7. The third-order valence-corrected chi connectivity index (χ3v) is 6.33. The first-order valence-corrected chi connectivity index (χ1v) is 11.0. The van der Waals surface area contributed by atoms with Crippen LogP contribution in [0.2, 0.25) is 5.02 Å². The minimum absolute atomic E-state index is 0.0227.